The van der Waals surface area contributed by atoms with E-state index in [1.165, 1.54) is 0 Å². The quantitative estimate of drug-likeness (QED) is 0.822. The minimum Gasteiger partial charge on any atom is -0.329 e. The average Bonchev–Trinajstić information content (AvgIpc) is 2.29. The third-order valence-electron chi connectivity index (χ3n) is 3.47. The van der Waals surface area contributed by atoms with Crippen LogP contribution in [0.1, 0.15) is 31.7 Å². The summed E-state index contributed by atoms with van der Waals surface area (Å²) < 4.78 is 0. The van der Waals surface area contributed by atoms with Crippen molar-refractivity contribution in [2.45, 2.75) is 39.8 Å². The Morgan fingerprint density at radius 2 is 2.12 bits per heavy atom. The summed E-state index contributed by atoms with van der Waals surface area (Å²) in [5, 5.41) is 0. The minimum atomic E-state index is 0.433. The van der Waals surface area contributed by atoms with Gasteiger partial charge in [0.25, 0.3) is 0 Å². The fourth-order valence-electron chi connectivity index (χ4n) is 2.18. The Labute approximate surface area is 105 Å². The third kappa shape index (κ3) is 4.10. The second-order valence-electron chi connectivity index (χ2n) is 4.87. The molecule has 1 aromatic heterocycles. The molecule has 0 aliphatic rings. The normalized spacial score (nSPS) is 14.9. The Hall–Kier alpha value is -0.930. The number of rotatable bonds is 6. The van der Waals surface area contributed by atoms with Gasteiger partial charge < -0.3 is 5.73 Å². The monoisotopic (exact) mass is 235 g/mol. The maximum absolute atomic E-state index is 5.87. The summed E-state index contributed by atoms with van der Waals surface area (Å²) in [6, 6.07) is 6.60. The van der Waals surface area contributed by atoms with Crippen LogP contribution in [-0.2, 0) is 6.54 Å². The summed E-state index contributed by atoms with van der Waals surface area (Å²) in [5.74, 6) is 0.620. The minimum absolute atomic E-state index is 0.433. The van der Waals surface area contributed by atoms with Crippen molar-refractivity contribution in [2.24, 2.45) is 11.7 Å². The summed E-state index contributed by atoms with van der Waals surface area (Å²) in [6.45, 7) is 8.08. The molecule has 0 radical (unpaired) electrons. The second kappa shape index (κ2) is 6.72. The molecular weight excluding hydrogens is 210 g/mol. The van der Waals surface area contributed by atoms with Gasteiger partial charge in [-0.15, -0.1) is 0 Å². The summed E-state index contributed by atoms with van der Waals surface area (Å²) in [4.78, 5) is 6.85. The Balaban J connectivity index is 2.66. The maximum Gasteiger partial charge on any atom is 0.0547 e. The third-order valence-corrected chi connectivity index (χ3v) is 3.47. The van der Waals surface area contributed by atoms with Crippen LogP contribution in [0.15, 0.2) is 18.2 Å². The molecular formula is C14H25N3. The van der Waals surface area contributed by atoms with E-state index in [0.29, 0.717) is 18.5 Å². The van der Waals surface area contributed by atoms with Crippen molar-refractivity contribution < 1.29 is 0 Å². The van der Waals surface area contributed by atoms with Crippen molar-refractivity contribution in [2.75, 3.05) is 13.6 Å². The van der Waals surface area contributed by atoms with Crippen molar-refractivity contribution >= 4 is 0 Å². The molecule has 0 saturated carbocycles. The number of pyridine rings is 1. The Bertz CT molecular complexity index is 338. The van der Waals surface area contributed by atoms with Gasteiger partial charge in [-0.2, -0.15) is 0 Å². The highest BCUT2D eigenvalue weighted by Gasteiger charge is 2.19. The van der Waals surface area contributed by atoms with Crippen molar-refractivity contribution in [1.29, 1.82) is 0 Å². The van der Waals surface area contributed by atoms with E-state index in [4.69, 9.17) is 5.73 Å². The molecule has 2 unspecified atom stereocenters. The van der Waals surface area contributed by atoms with Gasteiger partial charge in [0.1, 0.15) is 0 Å². The van der Waals surface area contributed by atoms with E-state index in [-0.39, 0.29) is 0 Å². The number of aryl methyl sites for hydroxylation is 1. The molecule has 0 aromatic carbocycles. The molecule has 96 valence electrons. The van der Waals surface area contributed by atoms with Gasteiger partial charge in [-0.25, -0.2) is 0 Å². The molecule has 0 spiro atoms. The lowest BCUT2D eigenvalue weighted by Gasteiger charge is -2.31. The predicted molar refractivity (Wildman–Crippen MR) is 72.7 cm³/mol. The zero-order valence-electron chi connectivity index (χ0n) is 11.5. The molecule has 3 heteroatoms. The summed E-state index contributed by atoms with van der Waals surface area (Å²) in [6.07, 6.45) is 1.16. The van der Waals surface area contributed by atoms with Gasteiger partial charge in [-0.1, -0.05) is 26.3 Å². The molecule has 3 nitrogen and oxygen atoms in total. The first-order valence-electron chi connectivity index (χ1n) is 6.41. The molecule has 2 N–H and O–H groups in total. The van der Waals surface area contributed by atoms with E-state index >= 15 is 0 Å². The molecule has 0 amide bonds. The van der Waals surface area contributed by atoms with Crippen molar-refractivity contribution in [1.82, 2.24) is 9.88 Å². The number of nitrogens with two attached hydrogens (primary N) is 1. The van der Waals surface area contributed by atoms with Crippen molar-refractivity contribution in [3.05, 3.63) is 29.6 Å². The lowest BCUT2D eigenvalue weighted by atomic mass is 9.98. The number of hydrogen-bond donors (Lipinski definition) is 1. The molecule has 0 bridgehead atoms. The Morgan fingerprint density at radius 3 is 2.65 bits per heavy atom. The van der Waals surface area contributed by atoms with Crippen LogP contribution < -0.4 is 5.73 Å². The molecule has 1 aromatic rings. The molecule has 0 aliphatic heterocycles. The van der Waals surface area contributed by atoms with Gasteiger partial charge in [0.05, 0.1) is 5.69 Å². The second-order valence-corrected chi connectivity index (χ2v) is 4.87. The average molecular weight is 235 g/mol. The largest absolute Gasteiger partial charge is 0.329 e. The number of likely N-dealkylation sites (N-methyl/N-ethyl adjacent to an activating group) is 1. The molecule has 1 rings (SSSR count). The van der Waals surface area contributed by atoms with E-state index in [1.807, 2.05) is 13.0 Å². The van der Waals surface area contributed by atoms with Crippen molar-refractivity contribution in [3.8, 4) is 0 Å². The Kier molecular flexibility index (Phi) is 5.59. The molecule has 0 aliphatic carbocycles. The van der Waals surface area contributed by atoms with Crippen LogP contribution in [0.25, 0.3) is 0 Å². The molecule has 0 saturated heterocycles. The highest BCUT2D eigenvalue weighted by Crippen LogP contribution is 2.14. The van der Waals surface area contributed by atoms with Crippen LogP contribution in [0.5, 0.6) is 0 Å². The van der Waals surface area contributed by atoms with E-state index in [1.54, 1.807) is 0 Å². The lowest BCUT2D eigenvalue weighted by molar-refractivity contribution is 0.176. The van der Waals surface area contributed by atoms with Gasteiger partial charge in [-0.3, -0.25) is 9.88 Å². The summed E-state index contributed by atoms with van der Waals surface area (Å²) >= 11 is 0. The van der Waals surface area contributed by atoms with E-state index < -0.39 is 0 Å². The van der Waals surface area contributed by atoms with Crippen LogP contribution in [0, 0.1) is 12.8 Å². The number of aromatic nitrogens is 1. The first-order valence-corrected chi connectivity index (χ1v) is 6.41. The highest BCUT2D eigenvalue weighted by molar-refractivity contribution is 5.09. The predicted octanol–water partition coefficient (Wildman–Crippen LogP) is 2.20. The van der Waals surface area contributed by atoms with E-state index in [2.05, 4.69) is 42.9 Å². The smallest absolute Gasteiger partial charge is 0.0547 e. The standard InChI is InChI=1S/C14H25N3/c1-5-11(2)14(9-15)17(4)10-13-8-6-7-12(3)16-13/h6-8,11,14H,5,9-10,15H2,1-4H3. The fraction of sp³-hybridized carbons (Fsp3) is 0.643. The highest BCUT2D eigenvalue weighted by atomic mass is 15.1. The maximum atomic E-state index is 5.87. The number of hydrogen-bond acceptors (Lipinski definition) is 3. The van der Waals surface area contributed by atoms with Crippen LogP contribution in [0.4, 0.5) is 0 Å². The van der Waals surface area contributed by atoms with E-state index in [9.17, 15) is 0 Å². The molecule has 2 atom stereocenters. The topological polar surface area (TPSA) is 42.1 Å². The Morgan fingerprint density at radius 1 is 1.41 bits per heavy atom. The van der Waals surface area contributed by atoms with Gasteiger partial charge >= 0.3 is 0 Å². The van der Waals surface area contributed by atoms with Crippen LogP contribution in [0.2, 0.25) is 0 Å². The fourth-order valence-corrected chi connectivity index (χ4v) is 2.18. The van der Waals surface area contributed by atoms with Crippen LogP contribution in [0.3, 0.4) is 0 Å². The zero-order chi connectivity index (χ0) is 12.8. The van der Waals surface area contributed by atoms with Crippen LogP contribution in [-0.4, -0.2) is 29.5 Å². The van der Waals surface area contributed by atoms with Gasteiger partial charge in [0.2, 0.25) is 0 Å². The lowest BCUT2D eigenvalue weighted by Crippen LogP contribution is -2.42. The molecule has 1 heterocycles. The van der Waals surface area contributed by atoms with Gasteiger partial charge in [0.15, 0.2) is 0 Å². The van der Waals surface area contributed by atoms with E-state index in [0.717, 1.165) is 24.4 Å². The first-order chi connectivity index (χ1) is 8.08. The number of nitrogens with zero attached hydrogens (tertiary/aromatic N) is 2. The molecule has 17 heavy (non-hydrogen) atoms. The molecule has 0 fully saturated rings. The first kappa shape index (κ1) is 14.1. The van der Waals surface area contributed by atoms with Crippen LogP contribution >= 0.6 is 0 Å². The van der Waals surface area contributed by atoms with Crippen molar-refractivity contribution in [3.63, 3.8) is 0 Å². The zero-order valence-corrected chi connectivity index (χ0v) is 11.5. The SMILES string of the molecule is CCC(C)C(CN)N(C)Cc1cccc(C)n1. The summed E-state index contributed by atoms with van der Waals surface area (Å²) in [7, 11) is 2.13. The van der Waals surface area contributed by atoms with Gasteiger partial charge in [-0.05, 0) is 32.0 Å². The summed E-state index contributed by atoms with van der Waals surface area (Å²) in [5.41, 5.74) is 8.06. The van der Waals surface area contributed by atoms with Gasteiger partial charge in [0, 0.05) is 24.8 Å².